The van der Waals surface area contributed by atoms with Crippen LogP contribution >= 0.6 is 0 Å². The highest BCUT2D eigenvalue weighted by Gasteiger charge is 2.18. The van der Waals surface area contributed by atoms with E-state index in [9.17, 15) is 13.6 Å². The zero-order chi connectivity index (χ0) is 13.1. The first-order valence-electron chi connectivity index (χ1n) is 5.11. The Kier molecular flexibility index (Phi) is 3.32. The Morgan fingerprint density at radius 3 is 2.44 bits per heavy atom. The molecule has 0 radical (unpaired) electrons. The first-order chi connectivity index (χ1) is 8.63. The van der Waals surface area contributed by atoms with Crippen LogP contribution in [0.15, 0.2) is 36.7 Å². The van der Waals surface area contributed by atoms with Gasteiger partial charge < -0.3 is 4.74 Å². The number of aromatic nitrogens is 1. The molecule has 0 aliphatic rings. The van der Waals surface area contributed by atoms with Crippen molar-refractivity contribution in [2.24, 2.45) is 0 Å². The van der Waals surface area contributed by atoms with Gasteiger partial charge in [-0.05, 0) is 17.7 Å². The van der Waals surface area contributed by atoms with Crippen LogP contribution in [0.3, 0.4) is 0 Å². The Morgan fingerprint density at radius 2 is 1.83 bits per heavy atom. The summed E-state index contributed by atoms with van der Waals surface area (Å²) in [7, 11) is 1.16. The quantitative estimate of drug-likeness (QED) is 0.768. The molecular formula is C13H9F2NO2. The first-order valence-corrected chi connectivity index (χ1v) is 5.11. The van der Waals surface area contributed by atoms with Gasteiger partial charge in [-0.2, -0.15) is 0 Å². The molecule has 0 N–H and O–H groups in total. The highest BCUT2D eigenvalue weighted by Crippen LogP contribution is 2.25. The summed E-state index contributed by atoms with van der Waals surface area (Å²) in [6, 6.07) is 5.33. The lowest BCUT2D eigenvalue weighted by molar-refractivity contribution is 0.0596. The molecule has 0 aliphatic carbocycles. The van der Waals surface area contributed by atoms with Gasteiger partial charge in [-0.15, -0.1) is 0 Å². The van der Waals surface area contributed by atoms with Crippen molar-refractivity contribution in [3.63, 3.8) is 0 Å². The summed E-state index contributed by atoms with van der Waals surface area (Å²) in [6.45, 7) is 0. The summed E-state index contributed by atoms with van der Waals surface area (Å²) in [4.78, 5) is 15.2. The molecule has 0 fully saturated rings. The normalized spacial score (nSPS) is 10.2. The lowest BCUT2D eigenvalue weighted by Crippen LogP contribution is -2.07. The molecule has 5 heteroatoms. The van der Waals surface area contributed by atoms with Gasteiger partial charge in [-0.25, -0.2) is 13.6 Å². The fourth-order valence-electron chi connectivity index (χ4n) is 1.59. The SMILES string of the molecule is COC(=O)c1c(F)cncc1-c1ccc(F)cc1. The van der Waals surface area contributed by atoms with E-state index in [1.165, 1.54) is 30.5 Å². The second-order valence-electron chi connectivity index (χ2n) is 3.54. The number of nitrogens with zero attached hydrogens (tertiary/aromatic N) is 1. The summed E-state index contributed by atoms with van der Waals surface area (Å²) in [5.74, 6) is -1.99. The predicted octanol–water partition coefficient (Wildman–Crippen LogP) is 2.81. The van der Waals surface area contributed by atoms with Crippen molar-refractivity contribution in [2.45, 2.75) is 0 Å². The molecule has 0 saturated carbocycles. The molecule has 1 aromatic heterocycles. The van der Waals surface area contributed by atoms with Crippen LogP contribution in [-0.2, 0) is 4.74 Å². The standard InChI is InChI=1S/C13H9F2NO2/c1-18-13(17)12-10(6-16-7-11(12)15)8-2-4-9(14)5-3-8/h2-7H,1H3. The highest BCUT2D eigenvalue weighted by molar-refractivity contribution is 5.97. The average molecular weight is 249 g/mol. The fourth-order valence-corrected chi connectivity index (χ4v) is 1.59. The maximum absolute atomic E-state index is 13.6. The lowest BCUT2D eigenvalue weighted by Gasteiger charge is -2.08. The zero-order valence-corrected chi connectivity index (χ0v) is 9.48. The predicted molar refractivity (Wildman–Crippen MR) is 60.9 cm³/mol. The van der Waals surface area contributed by atoms with Gasteiger partial charge in [0, 0.05) is 11.8 Å². The lowest BCUT2D eigenvalue weighted by atomic mass is 10.0. The maximum atomic E-state index is 13.6. The third kappa shape index (κ3) is 2.20. The molecule has 1 heterocycles. The van der Waals surface area contributed by atoms with Crippen molar-refractivity contribution < 1.29 is 18.3 Å². The van der Waals surface area contributed by atoms with Crippen molar-refractivity contribution in [1.82, 2.24) is 4.98 Å². The van der Waals surface area contributed by atoms with E-state index in [1.54, 1.807) is 0 Å². The van der Waals surface area contributed by atoms with Crippen LogP contribution in [0.2, 0.25) is 0 Å². The minimum absolute atomic E-state index is 0.209. The average Bonchev–Trinajstić information content (AvgIpc) is 2.38. The highest BCUT2D eigenvalue weighted by atomic mass is 19.1. The summed E-state index contributed by atoms with van der Waals surface area (Å²) < 4.78 is 31.0. The number of carbonyl (C=O) groups is 1. The Balaban J connectivity index is 2.60. The molecule has 0 spiro atoms. The molecule has 0 bridgehead atoms. The summed E-state index contributed by atoms with van der Waals surface area (Å²) >= 11 is 0. The summed E-state index contributed by atoms with van der Waals surface area (Å²) in [6.07, 6.45) is 2.27. The van der Waals surface area contributed by atoms with Gasteiger partial charge in [0.1, 0.15) is 11.4 Å². The third-order valence-electron chi connectivity index (χ3n) is 2.44. The second-order valence-corrected chi connectivity index (χ2v) is 3.54. The molecule has 1 aromatic carbocycles. The number of rotatable bonds is 2. The number of halogens is 2. The number of ether oxygens (including phenoxy) is 1. The Bertz CT molecular complexity index is 582. The Labute approximate surface area is 102 Å². The molecule has 18 heavy (non-hydrogen) atoms. The maximum Gasteiger partial charge on any atom is 0.341 e. The Hall–Kier alpha value is -2.30. The van der Waals surface area contributed by atoms with Crippen LogP contribution in [0, 0.1) is 11.6 Å². The molecule has 0 amide bonds. The van der Waals surface area contributed by atoms with Crippen molar-refractivity contribution in [3.05, 3.63) is 53.9 Å². The number of hydrogen-bond acceptors (Lipinski definition) is 3. The van der Waals surface area contributed by atoms with Crippen LogP contribution in [0.5, 0.6) is 0 Å². The first kappa shape index (κ1) is 12.2. The van der Waals surface area contributed by atoms with E-state index >= 15 is 0 Å². The van der Waals surface area contributed by atoms with Gasteiger partial charge in [-0.3, -0.25) is 4.98 Å². The fraction of sp³-hybridized carbons (Fsp3) is 0.0769. The number of methoxy groups -OCH3 is 1. The smallest absolute Gasteiger partial charge is 0.341 e. The van der Waals surface area contributed by atoms with Crippen molar-refractivity contribution in [2.75, 3.05) is 7.11 Å². The number of hydrogen-bond donors (Lipinski definition) is 0. The molecular weight excluding hydrogens is 240 g/mol. The van der Waals surface area contributed by atoms with Crippen molar-refractivity contribution in [3.8, 4) is 11.1 Å². The molecule has 0 unspecified atom stereocenters. The minimum Gasteiger partial charge on any atom is -0.465 e. The minimum atomic E-state index is -0.797. The van der Waals surface area contributed by atoms with E-state index in [0.29, 0.717) is 5.56 Å². The monoisotopic (exact) mass is 249 g/mol. The van der Waals surface area contributed by atoms with Crippen molar-refractivity contribution in [1.29, 1.82) is 0 Å². The van der Waals surface area contributed by atoms with Gasteiger partial charge in [0.05, 0.1) is 13.3 Å². The molecule has 2 rings (SSSR count). The van der Waals surface area contributed by atoms with Gasteiger partial charge >= 0.3 is 5.97 Å². The van der Waals surface area contributed by atoms with E-state index in [2.05, 4.69) is 9.72 Å². The molecule has 0 aliphatic heterocycles. The topological polar surface area (TPSA) is 39.2 Å². The largest absolute Gasteiger partial charge is 0.465 e. The van der Waals surface area contributed by atoms with E-state index in [4.69, 9.17) is 0 Å². The van der Waals surface area contributed by atoms with E-state index in [-0.39, 0.29) is 11.1 Å². The van der Waals surface area contributed by atoms with Crippen LogP contribution in [0.4, 0.5) is 8.78 Å². The van der Waals surface area contributed by atoms with E-state index < -0.39 is 17.6 Å². The van der Waals surface area contributed by atoms with E-state index in [1.807, 2.05) is 0 Å². The molecule has 3 nitrogen and oxygen atoms in total. The second kappa shape index (κ2) is 4.91. The number of pyridine rings is 1. The number of esters is 1. The summed E-state index contributed by atoms with van der Waals surface area (Å²) in [5, 5.41) is 0. The van der Waals surface area contributed by atoms with Crippen LogP contribution < -0.4 is 0 Å². The van der Waals surface area contributed by atoms with Crippen molar-refractivity contribution >= 4 is 5.97 Å². The molecule has 0 saturated heterocycles. The van der Waals surface area contributed by atoms with Crippen LogP contribution in [-0.4, -0.2) is 18.1 Å². The Morgan fingerprint density at radius 1 is 1.17 bits per heavy atom. The summed E-state index contributed by atoms with van der Waals surface area (Å²) in [5.41, 5.74) is 0.546. The van der Waals surface area contributed by atoms with E-state index in [0.717, 1.165) is 13.3 Å². The molecule has 0 atom stereocenters. The third-order valence-corrected chi connectivity index (χ3v) is 2.44. The van der Waals surface area contributed by atoms with Crippen LogP contribution in [0.1, 0.15) is 10.4 Å². The number of carbonyl (C=O) groups excluding carboxylic acids is 1. The van der Waals surface area contributed by atoms with Gasteiger partial charge in [0.15, 0.2) is 5.82 Å². The van der Waals surface area contributed by atoms with Crippen LogP contribution in [0.25, 0.3) is 11.1 Å². The van der Waals surface area contributed by atoms with Gasteiger partial charge in [0.25, 0.3) is 0 Å². The van der Waals surface area contributed by atoms with Gasteiger partial charge in [0.2, 0.25) is 0 Å². The molecule has 2 aromatic rings. The zero-order valence-electron chi connectivity index (χ0n) is 9.48. The van der Waals surface area contributed by atoms with Gasteiger partial charge in [-0.1, -0.05) is 12.1 Å². The number of benzene rings is 1. The molecule has 92 valence electrons.